The summed E-state index contributed by atoms with van der Waals surface area (Å²) in [6.45, 7) is 0. The second kappa shape index (κ2) is 31.7. The molecule has 0 spiro atoms. The Kier molecular flexibility index (Phi) is 19.3. The predicted octanol–water partition coefficient (Wildman–Crippen LogP) is 32.9. The monoisotopic (exact) mass is 1540 g/mol. The number of benzene rings is 19. The summed E-state index contributed by atoms with van der Waals surface area (Å²) in [5, 5.41) is 32.2. The van der Waals surface area contributed by atoms with Crippen molar-refractivity contribution in [3.63, 3.8) is 0 Å². The Balaban J connectivity index is 0.000000100. The zero-order valence-electron chi connectivity index (χ0n) is 63.0. The maximum absolute atomic E-state index is 5.89. The Morgan fingerprint density at radius 2 is 0.543 bits per heavy atom. The summed E-state index contributed by atoms with van der Waals surface area (Å²) in [7, 11) is 0. The van der Waals surface area contributed by atoms with Gasteiger partial charge in [0.2, 0.25) is 0 Å². The van der Waals surface area contributed by atoms with Gasteiger partial charge < -0.3 is 25.7 Å². The minimum Gasteiger partial charge on any atom is -0.456 e. The molecule has 0 fully saturated rings. The second-order valence-corrected chi connectivity index (χ2v) is 32.2. The highest BCUT2D eigenvalue weighted by molar-refractivity contribution is 7.27. The van der Waals surface area contributed by atoms with E-state index >= 15 is 0 Å². The van der Waals surface area contributed by atoms with Gasteiger partial charge in [-0.05, 0) is 211 Å². The largest absolute Gasteiger partial charge is 0.456 e. The van der Waals surface area contributed by atoms with Gasteiger partial charge in [-0.15, -0.1) is 34.0 Å². The molecule has 0 aliphatic heterocycles. The molecule has 0 saturated heterocycles. The van der Waals surface area contributed by atoms with Crippen LogP contribution in [0.15, 0.2) is 429 Å². The number of hydrogen-bond acceptors (Lipinski definition) is 8. The van der Waals surface area contributed by atoms with Crippen molar-refractivity contribution in [2.75, 3.05) is 21.3 Å². The average Bonchev–Trinajstić information content (AvgIpc) is 1.60. The summed E-state index contributed by atoms with van der Waals surface area (Å²) >= 11 is 5.58. The summed E-state index contributed by atoms with van der Waals surface area (Å²) in [5.74, 6) is 0. The number of hydrogen-bond donors (Lipinski definition) is 4. The smallest absolute Gasteiger partial charge is 0.135 e. The summed E-state index contributed by atoms with van der Waals surface area (Å²) in [6, 6.07) is 150. The Labute approximate surface area is 683 Å². The van der Waals surface area contributed by atoms with Gasteiger partial charge in [0.1, 0.15) is 11.2 Å². The summed E-state index contributed by atoms with van der Waals surface area (Å²) < 4.78 is 13.9. The van der Waals surface area contributed by atoms with E-state index in [-0.39, 0.29) is 0 Å². The maximum atomic E-state index is 5.89. The highest BCUT2D eigenvalue weighted by Gasteiger charge is 2.16. The van der Waals surface area contributed by atoms with E-state index < -0.39 is 0 Å². The number of fused-ring (bicyclic) bond motifs is 16. The molecule has 0 aliphatic carbocycles. The van der Waals surface area contributed by atoms with Gasteiger partial charge in [0, 0.05) is 112 Å². The summed E-state index contributed by atoms with van der Waals surface area (Å²) in [5.41, 5.74) is 20.6. The van der Waals surface area contributed by atoms with Crippen LogP contribution in [-0.2, 0) is 0 Å². The van der Waals surface area contributed by atoms with Crippen molar-refractivity contribution in [1.29, 1.82) is 0 Å². The van der Waals surface area contributed by atoms with E-state index in [4.69, 9.17) is 4.42 Å². The molecule has 4 aromatic heterocycles. The molecule has 0 atom stereocenters. The molecule has 19 aromatic carbocycles. The minimum atomic E-state index is 0.913. The zero-order chi connectivity index (χ0) is 77.1. The second-order valence-electron chi connectivity index (χ2n) is 29.0. The predicted molar refractivity (Wildman–Crippen MR) is 505 cm³/mol. The van der Waals surface area contributed by atoms with Gasteiger partial charge >= 0.3 is 0 Å². The van der Waals surface area contributed by atoms with Gasteiger partial charge in [-0.2, -0.15) is 0 Å². The van der Waals surface area contributed by atoms with Crippen molar-refractivity contribution in [2.24, 2.45) is 0 Å². The molecular formula is C108H74N4OS3. The van der Waals surface area contributed by atoms with Gasteiger partial charge in [0.05, 0.1) is 10.4 Å². The van der Waals surface area contributed by atoms with E-state index in [2.05, 4.69) is 410 Å². The number of rotatable bonds is 12. The standard InChI is InChI=1S/C30H21NS.C28H19NS.C26H17NS.C24H17NO/c1-3-7-21(8-4-1)23-11-14-25(15-12-23)31-26-16-18-30-28(20-26)27-19-24(13-17-29(27)32-30)22-9-5-2-6-10-22;1-2-8-23-20(6-1)7-5-10-26(23)29-22-15-12-19(13-16-22)21-14-17-28-25(18-21)24-9-3-4-11-27(24)30-28;1-2-8-19-16-20(14-12-17(19)6-1)27-23-11-5-10-22-25-21-9-4-3-7-18(21)13-15-24(25)28-26(22)23;1-2-6-17(7-3-1)18-10-12-19(13-11-18)25-20-14-15-24-22(16-20)21-8-4-5-9-23(21)26-24/h1-20,31H;1-18,29H;1-16,27H;1-16,25H. The van der Waals surface area contributed by atoms with Crippen LogP contribution in [0.4, 0.5) is 45.5 Å². The molecule has 0 aliphatic rings. The van der Waals surface area contributed by atoms with E-state index in [0.717, 1.165) is 67.4 Å². The van der Waals surface area contributed by atoms with Crippen molar-refractivity contribution in [3.05, 3.63) is 425 Å². The van der Waals surface area contributed by atoms with Gasteiger partial charge in [0.25, 0.3) is 0 Å². The van der Waals surface area contributed by atoms with E-state index in [1.54, 1.807) is 0 Å². The average molecular weight is 1540 g/mol. The lowest BCUT2D eigenvalue weighted by atomic mass is 10.0. The van der Waals surface area contributed by atoms with Gasteiger partial charge in [-0.25, -0.2) is 0 Å². The molecule has 5 nitrogen and oxygen atoms in total. The molecule has 550 valence electrons. The fraction of sp³-hybridized carbons (Fsp3) is 0. The van der Waals surface area contributed by atoms with Crippen molar-refractivity contribution in [2.45, 2.75) is 0 Å². The number of para-hydroxylation sites is 1. The molecule has 4 N–H and O–H groups in total. The highest BCUT2D eigenvalue weighted by atomic mass is 32.1. The Bertz CT molecular complexity index is 7490. The van der Waals surface area contributed by atoms with Crippen molar-refractivity contribution in [1.82, 2.24) is 0 Å². The van der Waals surface area contributed by atoms with Crippen LogP contribution in [0.2, 0.25) is 0 Å². The summed E-state index contributed by atoms with van der Waals surface area (Å²) in [6.07, 6.45) is 0. The number of thiophene rings is 3. The first kappa shape index (κ1) is 70.7. The van der Waals surface area contributed by atoms with Crippen LogP contribution in [0.1, 0.15) is 0 Å². The van der Waals surface area contributed by atoms with Crippen molar-refractivity contribution >= 4 is 194 Å². The fourth-order valence-electron chi connectivity index (χ4n) is 15.8. The molecule has 23 rings (SSSR count). The molecule has 4 heterocycles. The SMILES string of the molecule is c1ccc(-c2ccc(Nc3ccc4oc5ccccc5c4c3)cc2)cc1.c1ccc(-c2ccc(Nc3ccc4sc5ccc(-c6ccccc6)cc5c4c3)cc2)cc1.c1ccc2c(Nc3ccc(-c4ccc5sc6ccccc6c5c4)cc3)cccc2c1.c1ccc2cc(Nc3cccc4c3sc3ccc5ccccc5c34)ccc2c1. The third-order valence-electron chi connectivity index (χ3n) is 21.6. The highest BCUT2D eigenvalue weighted by Crippen LogP contribution is 2.45. The fourth-order valence-corrected chi connectivity index (χ4v) is 19.1. The van der Waals surface area contributed by atoms with E-state index in [9.17, 15) is 0 Å². The molecule has 0 radical (unpaired) electrons. The molecule has 0 amide bonds. The molecule has 0 bridgehead atoms. The normalized spacial score (nSPS) is 11.3. The van der Waals surface area contributed by atoms with Crippen LogP contribution in [0.25, 0.3) is 159 Å². The minimum absolute atomic E-state index is 0.913. The Hall–Kier alpha value is -14.4. The molecule has 0 unspecified atom stereocenters. The van der Waals surface area contributed by atoms with E-state index in [1.807, 2.05) is 70.4 Å². The molecule has 23 aromatic rings. The van der Waals surface area contributed by atoms with Crippen LogP contribution in [0, 0.1) is 0 Å². The van der Waals surface area contributed by atoms with Crippen molar-refractivity contribution in [3.8, 4) is 44.5 Å². The lowest BCUT2D eigenvalue weighted by molar-refractivity contribution is 0.669. The van der Waals surface area contributed by atoms with Crippen LogP contribution >= 0.6 is 34.0 Å². The molecule has 8 heteroatoms. The third kappa shape index (κ3) is 14.7. The third-order valence-corrected chi connectivity index (χ3v) is 25.1. The number of nitrogens with one attached hydrogen (secondary N) is 4. The lowest BCUT2D eigenvalue weighted by Crippen LogP contribution is -1.91. The first-order valence-corrected chi connectivity index (χ1v) is 41.5. The first-order valence-electron chi connectivity index (χ1n) is 39.1. The van der Waals surface area contributed by atoms with Crippen LogP contribution < -0.4 is 21.3 Å². The van der Waals surface area contributed by atoms with Gasteiger partial charge in [-0.1, -0.05) is 285 Å². The Morgan fingerprint density at radius 3 is 1.19 bits per heavy atom. The molecule has 0 saturated carbocycles. The van der Waals surface area contributed by atoms with E-state index in [0.29, 0.717) is 0 Å². The zero-order valence-corrected chi connectivity index (χ0v) is 65.5. The summed E-state index contributed by atoms with van der Waals surface area (Å²) in [4.78, 5) is 0. The van der Waals surface area contributed by atoms with Crippen molar-refractivity contribution < 1.29 is 4.42 Å². The van der Waals surface area contributed by atoms with Crippen LogP contribution in [0.5, 0.6) is 0 Å². The van der Waals surface area contributed by atoms with Crippen LogP contribution in [-0.4, -0.2) is 0 Å². The van der Waals surface area contributed by atoms with Crippen LogP contribution in [0.3, 0.4) is 0 Å². The maximum Gasteiger partial charge on any atom is 0.135 e. The molecule has 116 heavy (non-hydrogen) atoms. The Morgan fingerprint density at radius 1 is 0.172 bits per heavy atom. The first-order chi connectivity index (χ1) is 57.4. The van der Waals surface area contributed by atoms with E-state index in [1.165, 1.54) is 137 Å². The lowest BCUT2D eigenvalue weighted by Gasteiger charge is -2.11. The van der Waals surface area contributed by atoms with Gasteiger partial charge in [0.15, 0.2) is 0 Å². The number of anilines is 8. The quantitative estimate of drug-likeness (QED) is 0.0982. The topological polar surface area (TPSA) is 61.3 Å². The van der Waals surface area contributed by atoms with Gasteiger partial charge in [-0.3, -0.25) is 0 Å². The molecular weight excluding hydrogens is 1470 g/mol. The number of furan rings is 1.